The second-order valence-electron chi connectivity index (χ2n) is 7.55. The largest absolute Gasteiger partial charge is 0.445 e. The van der Waals surface area contributed by atoms with Crippen molar-refractivity contribution in [1.29, 1.82) is 0 Å². The van der Waals surface area contributed by atoms with Crippen molar-refractivity contribution in [2.24, 2.45) is 0 Å². The van der Waals surface area contributed by atoms with Gasteiger partial charge >= 0.3 is 12.2 Å². The van der Waals surface area contributed by atoms with Crippen LogP contribution in [0.25, 0.3) is 0 Å². The van der Waals surface area contributed by atoms with Crippen LogP contribution in [-0.2, 0) is 22.7 Å². The van der Waals surface area contributed by atoms with E-state index in [1.54, 1.807) is 0 Å². The van der Waals surface area contributed by atoms with E-state index in [0.29, 0.717) is 6.54 Å². The van der Waals surface area contributed by atoms with Crippen molar-refractivity contribution in [1.82, 2.24) is 16.0 Å². The van der Waals surface area contributed by atoms with Crippen LogP contribution in [-0.4, -0.2) is 32.3 Å². The van der Waals surface area contributed by atoms with E-state index in [2.05, 4.69) is 29.0 Å². The molecule has 0 atom stereocenters. The molecule has 0 bridgehead atoms. The number of ether oxygens (including phenoxy) is 2. The highest BCUT2D eigenvalue weighted by Gasteiger charge is 2.12. The lowest BCUT2D eigenvalue weighted by Crippen LogP contribution is -2.27. The van der Waals surface area contributed by atoms with E-state index in [4.69, 9.17) is 9.47 Å². The molecule has 0 aromatic heterocycles. The summed E-state index contributed by atoms with van der Waals surface area (Å²) in [7, 11) is 1.87. The number of alkyl carbamates (subject to hydrolysis) is 2. The van der Waals surface area contributed by atoms with Gasteiger partial charge in [-0.25, -0.2) is 9.59 Å². The number of hydrogen-bond donors (Lipinski definition) is 3. The summed E-state index contributed by atoms with van der Waals surface area (Å²) in [5.74, 6) is 0. The van der Waals surface area contributed by atoms with Gasteiger partial charge in [-0.2, -0.15) is 0 Å². The van der Waals surface area contributed by atoms with Gasteiger partial charge in [-0.3, -0.25) is 5.32 Å². The quantitative estimate of drug-likeness (QED) is 0.425. The molecule has 3 N–H and O–H groups in total. The Balaban J connectivity index is 1.77. The first-order valence-electron chi connectivity index (χ1n) is 11.1. The molecule has 2 rings (SSSR count). The van der Waals surface area contributed by atoms with Gasteiger partial charge in [-0.1, -0.05) is 49.3 Å². The first-order chi connectivity index (χ1) is 15.1. The molecule has 31 heavy (non-hydrogen) atoms. The molecule has 1 aromatic carbocycles. The fraction of sp³-hybridized carbons (Fsp3) is 0.500. The molecular weight excluding hydrogens is 394 g/mol. The molecule has 0 unspecified atom stereocenters. The number of rotatable bonds is 12. The van der Waals surface area contributed by atoms with Gasteiger partial charge in [0.15, 0.2) is 0 Å². The van der Waals surface area contributed by atoms with Crippen molar-refractivity contribution in [3.63, 3.8) is 0 Å². The van der Waals surface area contributed by atoms with Crippen molar-refractivity contribution in [3.8, 4) is 0 Å². The average Bonchev–Trinajstić information content (AvgIpc) is 2.79. The molecule has 1 aromatic rings. The maximum Gasteiger partial charge on any atom is 0.411 e. The van der Waals surface area contributed by atoms with Crippen LogP contribution in [0.1, 0.15) is 56.6 Å². The van der Waals surface area contributed by atoms with E-state index in [1.165, 1.54) is 18.4 Å². The van der Waals surface area contributed by atoms with Crippen molar-refractivity contribution in [2.45, 2.75) is 58.7 Å². The fourth-order valence-corrected chi connectivity index (χ4v) is 3.20. The number of carbonyl (C=O) groups excluding carboxylic acids is 2. The van der Waals surface area contributed by atoms with Gasteiger partial charge in [0, 0.05) is 12.2 Å². The SMILES string of the molecule is CCCCC1=CC=C(NC(=O)OCc2ccccc2COC(=O)NCCCNC)CC1. The molecule has 1 aliphatic carbocycles. The summed E-state index contributed by atoms with van der Waals surface area (Å²) in [6.45, 7) is 3.80. The molecule has 2 amide bonds. The maximum atomic E-state index is 12.2. The normalized spacial score (nSPS) is 13.1. The van der Waals surface area contributed by atoms with Gasteiger partial charge in [0.05, 0.1) is 0 Å². The second-order valence-corrected chi connectivity index (χ2v) is 7.55. The molecule has 0 radical (unpaired) electrons. The van der Waals surface area contributed by atoms with Crippen molar-refractivity contribution in [2.75, 3.05) is 20.1 Å². The number of benzene rings is 1. The highest BCUT2D eigenvalue weighted by molar-refractivity contribution is 5.70. The standard InChI is InChI=1S/C24H35N3O4/c1-3-4-8-19-11-13-22(14-12-19)27-24(29)31-18-21-10-6-5-9-20(21)17-30-23(28)26-16-7-15-25-2/h5-6,9-11,13,25H,3-4,7-8,12,14-18H2,1-2H3,(H,26,28)(H,27,29). The van der Waals surface area contributed by atoms with Crippen molar-refractivity contribution >= 4 is 12.2 Å². The van der Waals surface area contributed by atoms with Crippen LogP contribution >= 0.6 is 0 Å². The van der Waals surface area contributed by atoms with Crippen LogP contribution in [0.15, 0.2) is 47.7 Å². The Hall–Kier alpha value is -2.80. The summed E-state index contributed by atoms with van der Waals surface area (Å²) in [6.07, 6.45) is 9.27. The van der Waals surface area contributed by atoms with E-state index in [1.807, 2.05) is 37.4 Å². The minimum absolute atomic E-state index is 0.111. The first kappa shape index (κ1) is 24.5. The summed E-state index contributed by atoms with van der Waals surface area (Å²) >= 11 is 0. The van der Waals surface area contributed by atoms with Gasteiger partial charge in [0.2, 0.25) is 0 Å². The molecule has 0 saturated carbocycles. The zero-order chi connectivity index (χ0) is 22.3. The average molecular weight is 430 g/mol. The van der Waals surface area contributed by atoms with Crippen LogP contribution in [0.4, 0.5) is 9.59 Å². The monoisotopic (exact) mass is 429 g/mol. The predicted octanol–water partition coefficient (Wildman–Crippen LogP) is 4.54. The molecule has 0 fully saturated rings. The molecule has 7 heteroatoms. The van der Waals surface area contributed by atoms with Crippen molar-refractivity contribution < 1.29 is 19.1 Å². The number of hydrogen-bond acceptors (Lipinski definition) is 5. The summed E-state index contributed by atoms with van der Waals surface area (Å²) in [5, 5.41) is 8.55. The number of allylic oxidation sites excluding steroid dienone is 4. The molecule has 170 valence electrons. The molecule has 0 saturated heterocycles. The molecule has 1 aliphatic rings. The van der Waals surface area contributed by atoms with Crippen molar-refractivity contribution in [3.05, 3.63) is 58.8 Å². The van der Waals surface area contributed by atoms with Gasteiger partial charge < -0.3 is 20.1 Å². The van der Waals surface area contributed by atoms with Crippen LogP contribution in [0.2, 0.25) is 0 Å². The lowest BCUT2D eigenvalue weighted by Gasteiger charge is -2.16. The topological polar surface area (TPSA) is 88.7 Å². The molecule has 7 nitrogen and oxygen atoms in total. The minimum Gasteiger partial charge on any atom is -0.445 e. The zero-order valence-corrected chi connectivity index (χ0v) is 18.7. The van der Waals surface area contributed by atoms with Gasteiger partial charge in [-0.15, -0.1) is 0 Å². The van der Waals surface area contributed by atoms with Gasteiger partial charge in [-0.05, 0) is 62.9 Å². The fourth-order valence-electron chi connectivity index (χ4n) is 3.20. The first-order valence-corrected chi connectivity index (χ1v) is 11.1. The van der Waals surface area contributed by atoms with Crippen LogP contribution < -0.4 is 16.0 Å². The van der Waals surface area contributed by atoms with E-state index < -0.39 is 12.2 Å². The molecule has 0 aliphatic heterocycles. The van der Waals surface area contributed by atoms with E-state index in [-0.39, 0.29) is 13.2 Å². The summed E-state index contributed by atoms with van der Waals surface area (Å²) in [4.78, 5) is 24.0. The zero-order valence-electron chi connectivity index (χ0n) is 18.7. The summed E-state index contributed by atoms with van der Waals surface area (Å²) < 4.78 is 10.7. The highest BCUT2D eigenvalue weighted by atomic mass is 16.6. The Morgan fingerprint density at radius 3 is 2.26 bits per heavy atom. The Kier molecular flexibility index (Phi) is 11.2. The van der Waals surface area contributed by atoms with E-state index in [0.717, 1.165) is 49.1 Å². The van der Waals surface area contributed by atoms with E-state index >= 15 is 0 Å². The Morgan fingerprint density at radius 1 is 0.935 bits per heavy atom. The van der Waals surface area contributed by atoms with Crippen LogP contribution in [0.5, 0.6) is 0 Å². The van der Waals surface area contributed by atoms with Gasteiger partial charge in [0.25, 0.3) is 0 Å². The number of nitrogens with one attached hydrogen (secondary N) is 3. The summed E-state index contributed by atoms with van der Waals surface area (Å²) in [5.41, 5.74) is 3.92. The Labute approximate surface area is 185 Å². The third kappa shape index (κ3) is 9.70. The van der Waals surface area contributed by atoms with Crippen LogP contribution in [0, 0.1) is 0 Å². The molecule has 0 spiro atoms. The lowest BCUT2D eigenvalue weighted by atomic mass is 9.98. The number of carbonyl (C=O) groups is 2. The molecule has 0 heterocycles. The van der Waals surface area contributed by atoms with E-state index in [9.17, 15) is 9.59 Å². The van der Waals surface area contributed by atoms with Gasteiger partial charge in [0.1, 0.15) is 13.2 Å². The minimum atomic E-state index is -0.477. The smallest absolute Gasteiger partial charge is 0.411 e. The summed E-state index contributed by atoms with van der Waals surface area (Å²) in [6, 6.07) is 7.45. The third-order valence-corrected chi connectivity index (χ3v) is 5.06. The van der Waals surface area contributed by atoms with Crippen LogP contribution in [0.3, 0.4) is 0 Å². The number of amides is 2. The number of unbranched alkanes of at least 4 members (excludes halogenated alkanes) is 1. The Morgan fingerprint density at radius 2 is 1.65 bits per heavy atom. The third-order valence-electron chi connectivity index (χ3n) is 5.06. The Bertz CT molecular complexity index is 774. The lowest BCUT2D eigenvalue weighted by molar-refractivity contribution is 0.132. The second kappa shape index (κ2) is 14.2. The predicted molar refractivity (Wildman–Crippen MR) is 121 cm³/mol. The molecular formula is C24H35N3O4. The maximum absolute atomic E-state index is 12.2. The highest BCUT2D eigenvalue weighted by Crippen LogP contribution is 2.21.